The van der Waals surface area contributed by atoms with Gasteiger partial charge >= 0.3 is 6.03 Å². The molecule has 0 spiro atoms. The maximum absolute atomic E-state index is 12.7. The number of aromatic nitrogens is 3. The van der Waals surface area contributed by atoms with Gasteiger partial charge in [-0.2, -0.15) is 5.10 Å². The highest BCUT2D eigenvalue weighted by Gasteiger charge is 2.25. The molecule has 4 rings (SSSR count). The molecule has 28 heavy (non-hydrogen) atoms. The summed E-state index contributed by atoms with van der Waals surface area (Å²) in [6, 6.07) is 11.1. The predicted octanol–water partition coefficient (Wildman–Crippen LogP) is 2.46. The SMILES string of the molecule is Cc1nc2ccnn2cc1C(=O)NC1CCN(C(=O)Nc2ccccc2)CC1. The highest BCUT2D eigenvalue weighted by molar-refractivity contribution is 5.95. The minimum atomic E-state index is -0.158. The van der Waals surface area contributed by atoms with Crippen LogP contribution < -0.4 is 10.6 Å². The number of benzene rings is 1. The van der Waals surface area contributed by atoms with Gasteiger partial charge in [0, 0.05) is 37.1 Å². The Labute approximate surface area is 162 Å². The van der Waals surface area contributed by atoms with E-state index >= 15 is 0 Å². The molecule has 3 amide bonds. The number of aryl methyl sites for hydroxylation is 1. The van der Waals surface area contributed by atoms with Crippen molar-refractivity contribution >= 4 is 23.3 Å². The zero-order valence-corrected chi connectivity index (χ0v) is 15.6. The maximum atomic E-state index is 12.7. The summed E-state index contributed by atoms with van der Waals surface area (Å²) in [5.74, 6) is -0.158. The molecule has 0 atom stereocenters. The van der Waals surface area contributed by atoms with Gasteiger partial charge in [-0.25, -0.2) is 14.3 Å². The number of hydrogen-bond acceptors (Lipinski definition) is 4. The van der Waals surface area contributed by atoms with Crippen molar-refractivity contribution < 1.29 is 9.59 Å². The van der Waals surface area contributed by atoms with Gasteiger partial charge in [0.25, 0.3) is 5.91 Å². The summed E-state index contributed by atoms with van der Waals surface area (Å²) in [5.41, 5.74) is 2.68. The fraction of sp³-hybridized carbons (Fsp3) is 0.300. The van der Waals surface area contributed by atoms with Gasteiger partial charge in [-0.1, -0.05) is 18.2 Å². The summed E-state index contributed by atoms with van der Waals surface area (Å²) in [7, 11) is 0. The molecule has 1 aromatic carbocycles. The van der Waals surface area contributed by atoms with Gasteiger partial charge in [0.15, 0.2) is 5.65 Å². The van der Waals surface area contributed by atoms with Crippen LogP contribution in [0.1, 0.15) is 28.9 Å². The number of rotatable bonds is 3. The van der Waals surface area contributed by atoms with E-state index in [2.05, 4.69) is 20.7 Å². The van der Waals surface area contributed by atoms with Crippen LogP contribution >= 0.6 is 0 Å². The first-order valence-electron chi connectivity index (χ1n) is 9.33. The lowest BCUT2D eigenvalue weighted by Crippen LogP contribution is -2.47. The number of carbonyl (C=O) groups is 2. The van der Waals surface area contributed by atoms with E-state index in [1.54, 1.807) is 27.9 Å². The maximum Gasteiger partial charge on any atom is 0.321 e. The second-order valence-electron chi connectivity index (χ2n) is 6.90. The molecule has 1 aliphatic rings. The first-order valence-corrected chi connectivity index (χ1v) is 9.33. The zero-order chi connectivity index (χ0) is 19.5. The fourth-order valence-corrected chi connectivity index (χ4v) is 3.38. The number of nitrogens with one attached hydrogen (secondary N) is 2. The number of anilines is 1. The Bertz CT molecular complexity index is 992. The van der Waals surface area contributed by atoms with Gasteiger partial charge < -0.3 is 15.5 Å². The van der Waals surface area contributed by atoms with Gasteiger partial charge in [0.1, 0.15) is 0 Å². The molecule has 1 saturated heterocycles. The first kappa shape index (κ1) is 18.0. The summed E-state index contributed by atoms with van der Waals surface area (Å²) in [6.07, 6.45) is 4.78. The third kappa shape index (κ3) is 3.80. The lowest BCUT2D eigenvalue weighted by molar-refractivity contribution is 0.0917. The minimum absolute atomic E-state index is 0.0287. The number of urea groups is 1. The van der Waals surface area contributed by atoms with Crippen molar-refractivity contribution in [3.8, 4) is 0 Å². The number of hydrogen-bond donors (Lipinski definition) is 2. The summed E-state index contributed by atoms with van der Waals surface area (Å²) in [4.78, 5) is 31.2. The Morgan fingerprint density at radius 3 is 2.61 bits per heavy atom. The van der Waals surface area contributed by atoms with E-state index in [4.69, 9.17) is 0 Å². The molecule has 0 bridgehead atoms. The quantitative estimate of drug-likeness (QED) is 0.732. The third-order valence-electron chi connectivity index (χ3n) is 4.96. The van der Waals surface area contributed by atoms with Crippen LogP contribution in [0.2, 0.25) is 0 Å². The number of amides is 3. The zero-order valence-electron chi connectivity index (χ0n) is 15.6. The fourth-order valence-electron chi connectivity index (χ4n) is 3.38. The molecule has 1 fully saturated rings. The molecule has 8 heteroatoms. The second kappa shape index (κ2) is 7.67. The summed E-state index contributed by atoms with van der Waals surface area (Å²) in [6.45, 7) is 3.01. The standard InChI is InChI=1S/C20H22N6O2/c1-14-17(13-26-18(22-14)7-10-21-26)19(27)23-16-8-11-25(12-9-16)20(28)24-15-5-3-2-4-6-15/h2-7,10,13,16H,8-9,11-12H2,1H3,(H,23,27)(H,24,28). The number of piperidine rings is 1. The molecule has 8 nitrogen and oxygen atoms in total. The highest BCUT2D eigenvalue weighted by Crippen LogP contribution is 2.15. The molecule has 2 N–H and O–H groups in total. The number of para-hydroxylation sites is 1. The van der Waals surface area contributed by atoms with Crippen LogP contribution in [0.5, 0.6) is 0 Å². The largest absolute Gasteiger partial charge is 0.349 e. The Morgan fingerprint density at radius 2 is 1.86 bits per heavy atom. The van der Waals surface area contributed by atoms with E-state index in [1.807, 2.05) is 37.3 Å². The minimum Gasteiger partial charge on any atom is -0.349 e. The van der Waals surface area contributed by atoms with Crippen molar-refractivity contribution in [1.29, 1.82) is 0 Å². The van der Waals surface area contributed by atoms with Crippen molar-refractivity contribution in [2.45, 2.75) is 25.8 Å². The van der Waals surface area contributed by atoms with E-state index in [-0.39, 0.29) is 18.0 Å². The van der Waals surface area contributed by atoms with E-state index in [1.165, 1.54) is 0 Å². The Morgan fingerprint density at radius 1 is 1.11 bits per heavy atom. The molecule has 0 radical (unpaired) electrons. The van der Waals surface area contributed by atoms with Gasteiger partial charge in [-0.05, 0) is 31.9 Å². The van der Waals surface area contributed by atoms with E-state index in [0.717, 1.165) is 5.69 Å². The van der Waals surface area contributed by atoms with Gasteiger partial charge in [0.05, 0.1) is 17.5 Å². The molecule has 0 aliphatic carbocycles. The van der Waals surface area contributed by atoms with Crippen molar-refractivity contribution in [2.75, 3.05) is 18.4 Å². The number of likely N-dealkylation sites (tertiary alicyclic amines) is 1. The van der Waals surface area contributed by atoms with Gasteiger partial charge in [0.2, 0.25) is 0 Å². The first-order chi connectivity index (χ1) is 13.6. The van der Waals surface area contributed by atoms with Crippen LogP contribution in [0.15, 0.2) is 48.8 Å². The molecule has 0 unspecified atom stereocenters. The van der Waals surface area contributed by atoms with E-state index < -0.39 is 0 Å². The average molecular weight is 378 g/mol. The Hall–Kier alpha value is -3.42. The van der Waals surface area contributed by atoms with Crippen molar-refractivity contribution in [3.05, 3.63) is 60.0 Å². The molecular weight excluding hydrogens is 356 g/mol. The third-order valence-corrected chi connectivity index (χ3v) is 4.96. The lowest BCUT2D eigenvalue weighted by Gasteiger charge is -2.32. The Balaban J connectivity index is 1.33. The highest BCUT2D eigenvalue weighted by atomic mass is 16.2. The van der Waals surface area contributed by atoms with Gasteiger partial charge in [-0.15, -0.1) is 0 Å². The topological polar surface area (TPSA) is 91.6 Å². The van der Waals surface area contributed by atoms with Crippen LogP contribution in [-0.2, 0) is 0 Å². The van der Waals surface area contributed by atoms with Crippen LogP contribution in [0.25, 0.3) is 5.65 Å². The number of carbonyl (C=O) groups excluding carboxylic acids is 2. The van der Waals surface area contributed by atoms with E-state index in [9.17, 15) is 9.59 Å². The molecule has 3 aromatic rings. The number of fused-ring (bicyclic) bond motifs is 1. The van der Waals surface area contributed by atoms with Crippen LogP contribution in [0.4, 0.5) is 10.5 Å². The molecule has 2 aromatic heterocycles. The van der Waals surface area contributed by atoms with Crippen LogP contribution in [-0.4, -0.2) is 50.6 Å². The molecule has 1 aliphatic heterocycles. The predicted molar refractivity (Wildman–Crippen MR) is 105 cm³/mol. The summed E-state index contributed by atoms with van der Waals surface area (Å²) < 4.78 is 1.60. The van der Waals surface area contributed by atoms with Crippen molar-refractivity contribution in [2.24, 2.45) is 0 Å². The number of nitrogens with zero attached hydrogens (tertiary/aromatic N) is 4. The monoisotopic (exact) mass is 378 g/mol. The lowest BCUT2D eigenvalue weighted by atomic mass is 10.0. The Kier molecular flexibility index (Phi) is 4.92. The van der Waals surface area contributed by atoms with Crippen LogP contribution in [0.3, 0.4) is 0 Å². The molecular formula is C20H22N6O2. The normalized spacial score (nSPS) is 14.8. The summed E-state index contributed by atoms with van der Waals surface area (Å²) in [5, 5.41) is 10.1. The van der Waals surface area contributed by atoms with Gasteiger partial charge in [-0.3, -0.25) is 4.79 Å². The second-order valence-corrected chi connectivity index (χ2v) is 6.90. The average Bonchev–Trinajstić information content (AvgIpc) is 3.15. The van der Waals surface area contributed by atoms with E-state index in [0.29, 0.717) is 42.8 Å². The molecule has 144 valence electrons. The molecule has 3 heterocycles. The summed E-state index contributed by atoms with van der Waals surface area (Å²) >= 11 is 0. The van der Waals surface area contributed by atoms with Crippen molar-refractivity contribution in [3.63, 3.8) is 0 Å². The molecule has 0 saturated carbocycles. The van der Waals surface area contributed by atoms with Crippen molar-refractivity contribution in [1.82, 2.24) is 24.8 Å². The van der Waals surface area contributed by atoms with Crippen LogP contribution in [0, 0.1) is 6.92 Å². The smallest absolute Gasteiger partial charge is 0.321 e.